The van der Waals surface area contributed by atoms with Gasteiger partial charge in [-0.25, -0.2) is 9.37 Å². The van der Waals surface area contributed by atoms with Gasteiger partial charge in [0, 0.05) is 26.0 Å². The van der Waals surface area contributed by atoms with E-state index in [1.165, 1.54) is 29.7 Å². The van der Waals surface area contributed by atoms with Crippen LogP contribution in [0.3, 0.4) is 0 Å². The van der Waals surface area contributed by atoms with Gasteiger partial charge in [0.25, 0.3) is 0 Å². The van der Waals surface area contributed by atoms with Crippen molar-refractivity contribution >= 4 is 0 Å². The molecule has 1 aliphatic rings. The predicted molar refractivity (Wildman–Crippen MR) is 109 cm³/mol. The van der Waals surface area contributed by atoms with Crippen molar-refractivity contribution in [3.8, 4) is 5.75 Å². The predicted octanol–water partition coefficient (Wildman–Crippen LogP) is 3.17. The second-order valence-electron chi connectivity index (χ2n) is 7.54. The maximum absolute atomic E-state index is 13.7. The van der Waals surface area contributed by atoms with Crippen LogP contribution in [0, 0.1) is 5.82 Å². The number of aliphatic hydroxyl groups is 1. The van der Waals surface area contributed by atoms with E-state index >= 15 is 0 Å². The van der Waals surface area contributed by atoms with Crippen LogP contribution in [-0.4, -0.2) is 33.9 Å². The molecule has 2 atom stereocenters. The van der Waals surface area contributed by atoms with Gasteiger partial charge in [0.05, 0.1) is 6.04 Å². The normalized spacial score (nSPS) is 15.1. The van der Waals surface area contributed by atoms with E-state index in [0.717, 1.165) is 30.0 Å². The van der Waals surface area contributed by atoms with Gasteiger partial charge in [0.15, 0.2) is 0 Å². The average molecular weight is 395 g/mol. The topological polar surface area (TPSA) is 59.3 Å². The Hall–Kier alpha value is -2.70. The molecule has 1 aromatic heterocycles. The van der Waals surface area contributed by atoms with Crippen LogP contribution in [0.5, 0.6) is 5.75 Å². The van der Waals surface area contributed by atoms with Crippen LogP contribution in [-0.2, 0) is 19.9 Å². The first kappa shape index (κ1) is 19.6. The molecular weight excluding hydrogens is 369 g/mol. The van der Waals surface area contributed by atoms with Gasteiger partial charge in [0.2, 0.25) is 0 Å². The highest BCUT2D eigenvalue weighted by Crippen LogP contribution is 2.26. The Balaban J connectivity index is 1.38. The molecule has 4 rings (SSSR count). The number of nitrogens with zero attached hydrogens (tertiary/aromatic N) is 2. The standard InChI is InChI=1S/C23H26FN3O2/c1-27-11-10-25-23(27)22(18-6-3-7-19(24)12-18)26-14-20(28)15-29-21-9-8-16-4-2-5-17(16)13-21/h3,6-13,20,22,26,28H,2,4-5,14-15H2,1H3. The fraction of sp³-hybridized carbons (Fsp3) is 0.348. The smallest absolute Gasteiger partial charge is 0.130 e. The third-order valence-electron chi connectivity index (χ3n) is 5.37. The summed E-state index contributed by atoms with van der Waals surface area (Å²) in [4.78, 5) is 4.39. The summed E-state index contributed by atoms with van der Waals surface area (Å²) in [5, 5.41) is 13.7. The molecule has 2 unspecified atom stereocenters. The van der Waals surface area contributed by atoms with Gasteiger partial charge < -0.3 is 19.7 Å². The minimum absolute atomic E-state index is 0.183. The fourth-order valence-electron chi connectivity index (χ4n) is 3.84. The first-order chi connectivity index (χ1) is 14.1. The lowest BCUT2D eigenvalue weighted by molar-refractivity contribution is 0.104. The van der Waals surface area contributed by atoms with Crippen LogP contribution in [0.2, 0.25) is 0 Å². The quantitative estimate of drug-likeness (QED) is 0.615. The first-order valence-electron chi connectivity index (χ1n) is 9.99. The summed E-state index contributed by atoms with van der Waals surface area (Å²) in [6.07, 6.45) is 6.26. The lowest BCUT2D eigenvalue weighted by Gasteiger charge is -2.21. The number of imidazole rings is 1. The number of ether oxygens (including phenoxy) is 1. The lowest BCUT2D eigenvalue weighted by atomic mass is 10.1. The molecule has 152 valence electrons. The zero-order valence-electron chi connectivity index (χ0n) is 16.5. The monoisotopic (exact) mass is 395 g/mol. The molecule has 0 aliphatic heterocycles. The van der Waals surface area contributed by atoms with Gasteiger partial charge in [-0.15, -0.1) is 0 Å². The van der Waals surface area contributed by atoms with Crippen LogP contribution in [0.1, 0.15) is 35.0 Å². The molecular formula is C23H26FN3O2. The molecule has 0 radical (unpaired) electrons. The van der Waals surface area contributed by atoms with Gasteiger partial charge in [-0.1, -0.05) is 18.2 Å². The molecule has 2 N–H and O–H groups in total. The van der Waals surface area contributed by atoms with E-state index in [4.69, 9.17) is 4.74 Å². The second kappa shape index (κ2) is 8.76. The molecule has 0 bridgehead atoms. The molecule has 6 heteroatoms. The average Bonchev–Trinajstić information content (AvgIpc) is 3.35. The van der Waals surface area contributed by atoms with Crippen molar-refractivity contribution in [1.29, 1.82) is 0 Å². The number of hydrogen-bond donors (Lipinski definition) is 2. The number of nitrogens with one attached hydrogen (secondary N) is 1. The number of hydrogen-bond acceptors (Lipinski definition) is 4. The van der Waals surface area contributed by atoms with E-state index in [1.807, 2.05) is 29.9 Å². The molecule has 2 aromatic carbocycles. The van der Waals surface area contributed by atoms with Gasteiger partial charge in [-0.3, -0.25) is 0 Å². The molecule has 0 saturated carbocycles. The number of halogens is 1. The number of fused-ring (bicyclic) bond motifs is 1. The summed E-state index contributed by atoms with van der Waals surface area (Å²) in [7, 11) is 1.89. The molecule has 1 aliphatic carbocycles. The Morgan fingerprint density at radius 3 is 2.86 bits per heavy atom. The number of aromatic nitrogens is 2. The van der Waals surface area contributed by atoms with Crippen LogP contribution < -0.4 is 10.1 Å². The van der Waals surface area contributed by atoms with E-state index in [2.05, 4.69) is 22.4 Å². The molecule has 0 saturated heterocycles. The summed E-state index contributed by atoms with van der Waals surface area (Å²) >= 11 is 0. The van der Waals surface area contributed by atoms with Crippen molar-refractivity contribution in [3.63, 3.8) is 0 Å². The molecule has 0 amide bonds. The Kier molecular flexibility index (Phi) is 5.92. The minimum Gasteiger partial charge on any atom is -0.491 e. The molecule has 0 spiro atoms. The summed E-state index contributed by atoms with van der Waals surface area (Å²) in [5.74, 6) is 1.24. The summed E-state index contributed by atoms with van der Waals surface area (Å²) in [6.45, 7) is 0.473. The Bertz CT molecular complexity index is 972. The Morgan fingerprint density at radius 2 is 2.07 bits per heavy atom. The van der Waals surface area contributed by atoms with Crippen molar-refractivity contribution in [1.82, 2.24) is 14.9 Å². The Labute approximate surface area is 170 Å². The number of benzene rings is 2. The van der Waals surface area contributed by atoms with Crippen molar-refractivity contribution in [3.05, 3.63) is 83.2 Å². The van der Waals surface area contributed by atoms with Crippen molar-refractivity contribution in [2.75, 3.05) is 13.2 Å². The van der Waals surface area contributed by atoms with Crippen LogP contribution in [0.25, 0.3) is 0 Å². The minimum atomic E-state index is -0.709. The maximum atomic E-state index is 13.7. The first-order valence-corrected chi connectivity index (χ1v) is 9.99. The van der Waals surface area contributed by atoms with Crippen LogP contribution in [0.15, 0.2) is 54.9 Å². The molecule has 3 aromatic rings. The summed E-state index contributed by atoms with van der Waals surface area (Å²) < 4.78 is 21.4. The number of aliphatic hydroxyl groups excluding tert-OH is 1. The fourth-order valence-corrected chi connectivity index (χ4v) is 3.84. The highest BCUT2D eigenvalue weighted by atomic mass is 19.1. The summed E-state index contributed by atoms with van der Waals surface area (Å²) in [5.41, 5.74) is 3.50. The van der Waals surface area contributed by atoms with Crippen molar-refractivity contribution in [2.45, 2.75) is 31.4 Å². The summed E-state index contributed by atoms with van der Waals surface area (Å²) in [6, 6.07) is 12.2. The largest absolute Gasteiger partial charge is 0.491 e. The highest BCUT2D eigenvalue weighted by molar-refractivity contribution is 5.38. The zero-order chi connectivity index (χ0) is 20.2. The number of rotatable bonds is 8. The SMILES string of the molecule is Cn1ccnc1C(NCC(O)COc1ccc2c(c1)CCC2)c1cccc(F)c1. The lowest BCUT2D eigenvalue weighted by Crippen LogP contribution is -2.35. The van der Waals surface area contributed by atoms with Crippen LogP contribution >= 0.6 is 0 Å². The third kappa shape index (κ3) is 4.66. The van der Waals surface area contributed by atoms with E-state index in [1.54, 1.807) is 12.3 Å². The molecule has 5 nitrogen and oxygen atoms in total. The van der Waals surface area contributed by atoms with Crippen LogP contribution in [0.4, 0.5) is 4.39 Å². The maximum Gasteiger partial charge on any atom is 0.130 e. The highest BCUT2D eigenvalue weighted by Gasteiger charge is 2.20. The van der Waals surface area contributed by atoms with Gasteiger partial charge >= 0.3 is 0 Å². The third-order valence-corrected chi connectivity index (χ3v) is 5.37. The Morgan fingerprint density at radius 1 is 1.21 bits per heavy atom. The zero-order valence-corrected chi connectivity index (χ0v) is 16.5. The van der Waals surface area contributed by atoms with E-state index < -0.39 is 6.10 Å². The molecule has 0 fully saturated rings. The van der Waals surface area contributed by atoms with E-state index in [0.29, 0.717) is 6.54 Å². The molecule has 1 heterocycles. The van der Waals surface area contributed by atoms with Crippen molar-refractivity contribution < 1.29 is 14.2 Å². The van der Waals surface area contributed by atoms with E-state index in [-0.39, 0.29) is 18.5 Å². The van der Waals surface area contributed by atoms with E-state index in [9.17, 15) is 9.50 Å². The second-order valence-corrected chi connectivity index (χ2v) is 7.54. The van der Waals surface area contributed by atoms with Crippen molar-refractivity contribution in [2.24, 2.45) is 7.05 Å². The van der Waals surface area contributed by atoms with Gasteiger partial charge in [-0.05, 0) is 60.2 Å². The number of aryl methyl sites for hydroxylation is 3. The molecule has 29 heavy (non-hydrogen) atoms. The van der Waals surface area contributed by atoms with Gasteiger partial charge in [0.1, 0.15) is 30.1 Å². The van der Waals surface area contributed by atoms with Gasteiger partial charge in [-0.2, -0.15) is 0 Å².